The molecule has 0 fully saturated rings. The van der Waals surface area contributed by atoms with Crippen LogP contribution in [0.1, 0.15) is 58.8 Å². The number of benzene rings is 2. The van der Waals surface area contributed by atoms with E-state index >= 15 is 0 Å². The van der Waals surface area contributed by atoms with Crippen LogP contribution in [0.25, 0.3) is 0 Å². The van der Waals surface area contributed by atoms with Crippen LogP contribution in [0.15, 0.2) is 60.7 Å². The van der Waals surface area contributed by atoms with Crippen molar-refractivity contribution in [2.24, 2.45) is 5.41 Å². The molecule has 0 aliphatic rings. The maximum absolute atomic E-state index is 12.4. The van der Waals surface area contributed by atoms with Crippen molar-refractivity contribution in [3.05, 3.63) is 60.7 Å². The van der Waals surface area contributed by atoms with Gasteiger partial charge in [-0.3, -0.25) is 9.59 Å². The van der Waals surface area contributed by atoms with Gasteiger partial charge in [-0.2, -0.15) is 0 Å². The third-order valence-electron chi connectivity index (χ3n) is 4.66. The smallest absolute Gasteiger partial charge is 0.316 e. The van der Waals surface area contributed by atoms with Crippen molar-refractivity contribution in [3.63, 3.8) is 0 Å². The Morgan fingerprint density at radius 3 is 1.82 bits per heavy atom. The first kappa shape index (κ1) is 21.7. The van der Waals surface area contributed by atoms with Gasteiger partial charge in [0.05, 0.1) is 5.41 Å². The lowest BCUT2D eigenvalue weighted by Crippen LogP contribution is -2.29. The first-order chi connectivity index (χ1) is 13.5. The SMILES string of the molecule is CC(C)(CCCCCCCC(=O)Oc1ccccc1)C(=O)Oc1ccccc1. The maximum atomic E-state index is 12.4. The average molecular weight is 383 g/mol. The van der Waals surface area contributed by atoms with Crippen molar-refractivity contribution in [1.82, 2.24) is 0 Å². The van der Waals surface area contributed by atoms with Crippen LogP contribution in [0, 0.1) is 5.41 Å². The summed E-state index contributed by atoms with van der Waals surface area (Å²) in [6, 6.07) is 18.3. The number of hydrogen-bond acceptors (Lipinski definition) is 4. The quantitative estimate of drug-likeness (QED) is 0.273. The highest BCUT2D eigenvalue weighted by Gasteiger charge is 2.29. The van der Waals surface area contributed by atoms with Gasteiger partial charge in [0.1, 0.15) is 11.5 Å². The topological polar surface area (TPSA) is 52.6 Å². The monoisotopic (exact) mass is 382 g/mol. The Morgan fingerprint density at radius 1 is 0.714 bits per heavy atom. The fourth-order valence-corrected chi connectivity index (χ4v) is 2.87. The predicted octanol–water partition coefficient (Wildman–Crippen LogP) is 5.95. The third-order valence-corrected chi connectivity index (χ3v) is 4.66. The fourth-order valence-electron chi connectivity index (χ4n) is 2.87. The zero-order valence-electron chi connectivity index (χ0n) is 16.9. The van der Waals surface area contributed by atoms with E-state index in [0.29, 0.717) is 17.9 Å². The van der Waals surface area contributed by atoms with Gasteiger partial charge in [0.25, 0.3) is 0 Å². The zero-order valence-corrected chi connectivity index (χ0v) is 16.9. The summed E-state index contributed by atoms with van der Waals surface area (Å²) in [6.07, 6.45) is 6.08. The van der Waals surface area contributed by atoms with Gasteiger partial charge in [0, 0.05) is 6.42 Å². The van der Waals surface area contributed by atoms with Crippen LogP contribution in [0.4, 0.5) is 0 Å². The largest absolute Gasteiger partial charge is 0.427 e. The molecule has 0 heterocycles. The van der Waals surface area contributed by atoms with E-state index in [0.717, 1.165) is 38.5 Å². The maximum Gasteiger partial charge on any atom is 0.316 e. The first-order valence-electron chi connectivity index (χ1n) is 10.0. The lowest BCUT2D eigenvalue weighted by Gasteiger charge is -2.22. The minimum atomic E-state index is -0.505. The van der Waals surface area contributed by atoms with Crippen molar-refractivity contribution in [2.45, 2.75) is 58.8 Å². The molecule has 0 amide bonds. The van der Waals surface area contributed by atoms with E-state index < -0.39 is 5.41 Å². The molecule has 2 aromatic carbocycles. The van der Waals surface area contributed by atoms with Crippen molar-refractivity contribution in [1.29, 1.82) is 0 Å². The van der Waals surface area contributed by atoms with E-state index in [4.69, 9.17) is 9.47 Å². The minimum absolute atomic E-state index is 0.184. The van der Waals surface area contributed by atoms with Gasteiger partial charge < -0.3 is 9.47 Å². The molecule has 2 aromatic rings. The number of hydrogen-bond donors (Lipinski definition) is 0. The Balaban J connectivity index is 1.55. The fraction of sp³-hybridized carbons (Fsp3) is 0.417. The van der Waals surface area contributed by atoms with Gasteiger partial charge in [0.2, 0.25) is 0 Å². The van der Waals surface area contributed by atoms with Crippen LogP contribution >= 0.6 is 0 Å². The summed E-state index contributed by atoms with van der Waals surface area (Å²) in [5.74, 6) is 0.804. The highest BCUT2D eigenvalue weighted by Crippen LogP contribution is 2.27. The normalized spacial score (nSPS) is 11.1. The van der Waals surface area contributed by atoms with Crippen LogP contribution in [-0.2, 0) is 9.59 Å². The molecule has 2 rings (SSSR count). The Bertz CT molecular complexity index is 723. The molecule has 0 saturated heterocycles. The number of unbranched alkanes of at least 4 members (excludes halogenated alkanes) is 4. The molecule has 0 spiro atoms. The molecular weight excluding hydrogens is 352 g/mol. The van der Waals surface area contributed by atoms with Crippen LogP contribution in [0.2, 0.25) is 0 Å². The van der Waals surface area contributed by atoms with Gasteiger partial charge >= 0.3 is 11.9 Å². The molecule has 4 heteroatoms. The molecule has 0 radical (unpaired) electrons. The Morgan fingerprint density at radius 2 is 1.21 bits per heavy atom. The molecule has 0 aliphatic heterocycles. The van der Waals surface area contributed by atoms with Crippen molar-refractivity contribution in [3.8, 4) is 11.5 Å². The molecule has 0 unspecified atom stereocenters. The molecule has 0 atom stereocenters. The van der Waals surface area contributed by atoms with Gasteiger partial charge in [-0.1, -0.05) is 62.1 Å². The Labute approximate surface area is 167 Å². The van der Waals surface area contributed by atoms with Gasteiger partial charge in [-0.25, -0.2) is 0 Å². The van der Waals surface area contributed by atoms with Crippen molar-refractivity contribution < 1.29 is 19.1 Å². The Hall–Kier alpha value is -2.62. The number of rotatable bonds is 11. The van der Waals surface area contributed by atoms with E-state index in [-0.39, 0.29) is 11.9 Å². The second-order valence-electron chi connectivity index (χ2n) is 7.64. The standard InChI is InChI=1S/C24H30O4/c1-24(2,23(26)28-21-16-10-7-11-17-21)19-13-5-3-4-12-18-22(25)27-20-14-8-6-9-15-20/h6-11,14-17H,3-5,12-13,18-19H2,1-2H3. The lowest BCUT2D eigenvalue weighted by molar-refractivity contribution is -0.144. The molecule has 0 bridgehead atoms. The molecule has 4 nitrogen and oxygen atoms in total. The summed E-state index contributed by atoms with van der Waals surface area (Å²) in [6.45, 7) is 3.86. The van der Waals surface area contributed by atoms with E-state index in [1.54, 1.807) is 24.3 Å². The van der Waals surface area contributed by atoms with Crippen LogP contribution in [0.5, 0.6) is 11.5 Å². The van der Waals surface area contributed by atoms with E-state index in [9.17, 15) is 9.59 Å². The summed E-state index contributed by atoms with van der Waals surface area (Å²) in [7, 11) is 0. The van der Waals surface area contributed by atoms with E-state index in [2.05, 4.69) is 0 Å². The summed E-state index contributed by atoms with van der Waals surface area (Å²) in [4.78, 5) is 24.1. The summed E-state index contributed by atoms with van der Waals surface area (Å²) in [5, 5.41) is 0. The molecule has 0 saturated carbocycles. The summed E-state index contributed by atoms with van der Waals surface area (Å²) in [5.41, 5.74) is -0.505. The molecule has 0 N–H and O–H groups in total. The number of ether oxygens (including phenoxy) is 2. The number of esters is 2. The Kier molecular flexibility index (Phi) is 8.73. The first-order valence-corrected chi connectivity index (χ1v) is 10.0. The zero-order chi connectivity index (χ0) is 20.2. The van der Waals surface area contributed by atoms with Crippen LogP contribution in [0.3, 0.4) is 0 Å². The van der Waals surface area contributed by atoms with Crippen molar-refractivity contribution >= 4 is 11.9 Å². The third kappa shape index (κ3) is 7.95. The highest BCUT2D eigenvalue weighted by atomic mass is 16.5. The van der Waals surface area contributed by atoms with Crippen molar-refractivity contribution in [2.75, 3.05) is 0 Å². The van der Waals surface area contributed by atoms with Gasteiger partial charge in [-0.15, -0.1) is 0 Å². The molecule has 0 aliphatic carbocycles. The number of carbonyl (C=O) groups excluding carboxylic acids is 2. The van der Waals surface area contributed by atoms with Gasteiger partial charge in [-0.05, 0) is 51.0 Å². The summed E-state index contributed by atoms with van der Waals surface area (Å²) >= 11 is 0. The molecule has 0 aromatic heterocycles. The summed E-state index contributed by atoms with van der Waals surface area (Å²) < 4.78 is 10.7. The molecular formula is C24H30O4. The second-order valence-corrected chi connectivity index (χ2v) is 7.64. The van der Waals surface area contributed by atoms with Gasteiger partial charge in [0.15, 0.2) is 0 Å². The number of para-hydroxylation sites is 2. The predicted molar refractivity (Wildman–Crippen MR) is 110 cm³/mol. The van der Waals surface area contributed by atoms with E-state index in [1.807, 2.05) is 50.2 Å². The van der Waals surface area contributed by atoms with E-state index in [1.165, 1.54) is 0 Å². The lowest BCUT2D eigenvalue weighted by atomic mass is 9.87. The van der Waals surface area contributed by atoms with Crippen LogP contribution < -0.4 is 9.47 Å². The molecule has 150 valence electrons. The second kappa shape index (κ2) is 11.3. The van der Waals surface area contributed by atoms with Crippen LogP contribution in [-0.4, -0.2) is 11.9 Å². The molecule has 28 heavy (non-hydrogen) atoms. The highest BCUT2D eigenvalue weighted by molar-refractivity contribution is 5.78. The number of carbonyl (C=O) groups is 2. The average Bonchev–Trinajstić information content (AvgIpc) is 2.68. The minimum Gasteiger partial charge on any atom is -0.427 e.